The van der Waals surface area contributed by atoms with Crippen LogP contribution in [0, 0.1) is 0 Å². The second kappa shape index (κ2) is 4.09. The zero-order chi connectivity index (χ0) is 9.84. The molecule has 0 saturated heterocycles. The molecule has 1 aromatic rings. The van der Waals surface area contributed by atoms with E-state index in [0.717, 1.165) is 5.69 Å². The van der Waals surface area contributed by atoms with Crippen molar-refractivity contribution in [2.75, 3.05) is 14.2 Å². The molecule has 0 aliphatic heterocycles. The smallest absolute Gasteiger partial charge is 0.339 e. The van der Waals surface area contributed by atoms with Crippen molar-refractivity contribution in [3.63, 3.8) is 0 Å². The molecule has 0 radical (unpaired) electrons. The number of carbonyl (C=O) groups excluding carboxylic acids is 1. The predicted molar refractivity (Wildman–Crippen MR) is 47.5 cm³/mol. The van der Waals surface area contributed by atoms with Crippen LogP contribution in [0.15, 0.2) is 12.3 Å². The fraction of sp³-hybridized carbons (Fsp3) is 0.444. The fourth-order valence-corrected chi connectivity index (χ4v) is 1.13. The number of hydrogen-bond acceptors (Lipinski definition) is 3. The van der Waals surface area contributed by atoms with E-state index in [9.17, 15) is 4.79 Å². The maximum absolute atomic E-state index is 11.1. The first-order valence-electron chi connectivity index (χ1n) is 3.91. The summed E-state index contributed by atoms with van der Waals surface area (Å²) in [6.45, 7) is 0.494. The van der Waals surface area contributed by atoms with Crippen LogP contribution in [0.5, 0.6) is 0 Å². The maximum Gasteiger partial charge on any atom is 0.339 e. The third-order valence-electron chi connectivity index (χ3n) is 1.82. The van der Waals surface area contributed by atoms with E-state index in [4.69, 9.17) is 4.74 Å². The third kappa shape index (κ3) is 2.09. The number of nitrogens with zero attached hydrogens (tertiary/aromatic N) is 1. The Morgan fingerprint density at radius 2 is 2.23 bits per heavy atom. The van der Waals surface area contributed by atoms with Crippen LogP contribution in [-0.4, -0.2) is 24.8 Å². The van der Waals surface area contributed by atoms with E-state index < -0.39 is 0 Å². The monoisotopic (exact) mass is 183 g/mol. The number of esters is 1. The minimum atomic E-state index is -0.321. The Balaban J connectivity index is 2.88. The molecule has 0 atom stereocenters. The summed E-state index contributed by atoms with van der Waals surface area (Å²) in [5.74, 6) is -0.321. The van der Waals surface area contributed by atoms with Crippen molar-refractivity contribution in [1.29, 1.82) is 0 Å². The minimum Gasteiger partial charge on any atom is -0.465 e. The van der Waals surface area contributed by atoms with Gasteiger partial charge in [-0.25, -0.2) is 4.79 Å². The van der Waals surface area contributed by atoms with E-state index in [0.29, 0.717) is 12.2 Å². The quantitative estimate of drug-likeness (QED) is 0.655. The third-order valence-corrected chi connectivity index (χ3v) is 1.82. The van der Waals surface area contributed by atoms with Crippen molar-refractivity contribution in [3.8, 4) is 0 Å². The number of rotatable bonds is 3. The molecule has 1 aromatic heterocycles. The van der Waals surface area contributed by atoms with Crippen molar-refractivity contribution in [2.24, 2.45) is 7.05 Å². The number of carbonyl (C=O) groups is 1. The Hall–Kier alpha value is -1.29. The van der Waals surface area contributed by atoms with Crippen molar-refractivity contribution < 1.29 is 14.3 Å². The van der Waals surface area contributed by atoms with Crippen LogP contribution in [-0.2, 0) is 23.1 Å². The normalized spacial score (nSPS) is 10.1. The van der Waals surface area contributed by atoms with E-state index >= 15 is 0 Å². The Kier molecular flexibility index (Phi) is 3.08. The lowest BCUT2D eigenvalue weighted by molar-refractivity contribution is 0.0600. The van der Waals surface area contributed by atoms with Crippen molar-refractivity contribution in [3.05, 3.63) is 23.5 Å². The highest BCUT2D eigenvalue weighted by Crippen LogP contribution is 2.09. The van der Waals surface area contributed by atoms with Crippen molar-refractivity contribution in [1.82, 2.24) is 4.57 Å². The molecular weight excluding hydrogens is 170 g/mol. The molecular formula is C9H13NO3. The van der Waals surface area contributed by atoms with Gasteiger partial charge in [0.05, 0.1) is 19.3 Å². The molecule has 4 nitrogen and oxygen atoms in total. The lowest BCUT2D eigenvalue weighted by Crippen LogP contribution is -1.98. The molecule has 13 heavy (non-hydrogen) atoms. The molecule has 72 valence electrons. The number of ether oxygens (including phenoxy) is 2. The lowest BCUT2D eigenvalue weighted by Gasteiger charge is -1.98. The SMILES string of the molecule is COCc1cc(C(=O)OC)cn1C. The average molecular weight is 183 g/mol. The van der Waals surface area contributed by atoms with Gasteiger partial charge in [-0.15, -0.1) is 0 Å². The highest BCUT2D eigenvalue weighted by atomic mass is 16.5. The van der Waals surface area contributed by atoms with Gasteiger partial charge in [0.1, 0.15) is 0 Å². The zero-order valence-corrected chi connectivity index (χ0v) is 8.03. The Morgan fingerprint density at radius 1 is 1.54 bits per heavy atom. The van der Waals surface area contributed by atoms with Crippen LogP contribution in [0.3, 0.4) is 0 Å². The van der Waals surface area contributed by atoms with Gasteiger partial charge in [-0.05, 0) is 6.07 Å². The average Bonchev–Trinajstić information content (AvgIpc) is 2.47. The van der Waals surface area contributed by atoms with Gasteiger partial charge in [0.2, 0.25) is 0 Å². The Bertz CT molecular complexity index is 304. The number of methoxy groups -OCH3 is 2. The number of aromatic nitrogens is 1. The van der Waals surface area contributed by atoms with Crippen molar-refractivity contribution >= 4 is 5.97 Å². The summed E-state index contributed by atoms with van der Waals surface area (Å²) in [6, 6.07) is 1.76. The molecule has 1 rings (SSSR count). The first kappa shape index (κ1) is 9.80. The molecule has 0 N–H and O–H groups in total. The van der Waals surface area contributed by atoms with Crippen LogP contribution in [0.4, 0.5) is 0 Å². The van der Waals surface area contributed by atoms with E-state index in [1.54, 1.807) is 19.4 Å². The summed E-state index contributed by atoms with van der Waals surface area (Å²) in [4.78, 5) is 11.1. The van der Waals surface area contributed by atoms with Crippen LogP contribution in [0.2, 0.25) is 0 Å². The molecule has 0 amide bonds. The van der Waals surface area contributed by atoms with Crippen LogP contribution >= 0.6 is 0 Å². The summed E-state index contributed by atoms with van der Waals surface area (Å²) >= 11 is 0. The largest absolute Gasteiger partial charge is 0.465 e. The predicted octanol–water partition coefficient (Wildman–Crippen LogP) is 0.958. The topological polar surface area (TPSA) is 40.5 Å². The summed E-state index contributed by atoms with van der Waals surface area (Å²) < 4.78 is 11.4. The highest BCUT2D eigenvalue weighted by molar-refractivity contribution is 5.89. The van der Waals surface area contributed by atoms with Gasteiger partial charge >= 0.3 is 5.97 Å². The highest BCUT2D eigenvalue weighted by Gasteiger charge is 2.09. The van der Waals surface area contributed by atoms with Crippen LogP contribution in [0.1, 0.15) is 16.1 Å². The van der Waals surface area contributed by atoms with Gasteiger partial charge in [0.15, 0.2) is 0 Å². The minimum absolute atomic E-state index is 0.321. The Labute approximate surface area is 77.1 Å². The van der Waals surface area contributed by atoms with E-state index in [2.05, 4.69) is 4.74 Å². The summed E-state index contributed by atoms with van der Waals surface area (Å²) in [5, 5.41) is 0. The molecule has 0 aliphatic carbocycles. The Morgan fingerprint density at radius 3 is 2.77 bits per heavy atom. The molecule has 0 bridgehead atoms. The van der Waals surface area contributed by atoms with Gasteiger partial charge < -0.3 is 14.0 Å². The lowest BCUT2D eigenvalue weighted by atomic mass is 10.3. The van der Waals surface area contributed by atoms with Gasteiger partial charge in [-0.2, -0.15) is 0 Å². The van der Waals surface area contributed by atoms with E-state index in [-0.39, 0.29) is 5.97 Å². The molecule has 1 heterocycles. The van der Waals surface area contributed by atoms with Gasteiger partial charge in [-0.1, -0.05) is 0 Å². The van der Waals surface area contributed by atoms with Crippen LogP contribution < -0.4 is 0 Å². The summed E-state index contributed by atoms with van der Waals surface area (Å²) in [7, 11) is 4.84. The number of hydrogen-bond donors (Lipinski definition) is 0. The van der Waals surface area contributed by atoms with E-state index in [1.165, 1.54) is 7.11 Å². The molecule has 0 aromatic carbocycles. The standard InChI is InChI=1S/C9H13NO3/c1-10-5-7(9(11)13-3)4-8(10)6-12-2/h4-5H,6H2,1-3H3. The maximum atomic E-state index is 11.1. The molecule has 0 unspecified atom stereocenters. The summed E-state index contributed by atoms with van der Waals surface area (Å²) in [6.07, 6.45) is 1.72. The van der Waals surface area contributed by atoms with E-state index in [1.807, 2.05) is 11.6 Å². The van der Waals surface area contributed by atoms with Crippen molar-refractivity contribution in [2.45, 2.75) is 6.61 Å². The summed E-state index contributed by atoms with van der Waals surface area (Å²) in [5.41, 5.74) is 1.50. The second-order valence-electron chi connectivity index (χ2n) is 2.76. The van der Waals surface area contributed by atoms with Gasteiger partial charge in [0.25, 0.3) is 0 Å². The number of aryl methyl sites for hydroxylation is 1. The van der Waals surface area contributed by atoms with Gasteiger partial charge in [-0.3, -0.25) is 0 Å². The van der Waals surface area contributed by atoms with Crippen LogP contribution in [0.25, 0.3) is 0 Å². The first-order chi connectivity index (χ1) is 6.19. The molecule has 0 aliphatic rings. The van der Waals surface area contributed by atoms with Gasteiger partial charge in [0, 0.05) is 26.0 Å². The molecule has 0 fully saturated rings. The zero-order valence-electron chi connectivity index (χ0n) is 8.03. The second-order valence-corrected chi connectivity index (χ2v) is 2.76. The fourth-order valence-electron chi connectivity index (χ4n) is 1.13. The molecule has 0 spiro atoms. The molecule has 4 heteroatoms. The molecule has 0 saturated carbocycles. The first-order valence-corrected chi connectivity index (χ1v) is 3.91.